The molecule has 0 saturated heterocycles. The number of β-amino-alcohol motifs (C(OH)–C–C–N with tert-alkyl or cyclic N) is 1. The van der Waals surface area contributed by atoms with Crippen LogP contribution in [0.2, 0.25) is 0 Å². The minimum absolute atomic E-state index is 0.103. The molecule has 7 heteroatoms. The van der Waals surface area contributed by atoms with Gasteiger partial charge < -0.3 is 24.8 Å². The van der Waals surface area contributed by atoms with Gasteiger partial charge in [0, 0.05) is 12.2 Å². The van der Waals surface area contributed by atoms with Crippen LogP contribution in [0.1, 0.15) is 18.1 Å². The largest absolute Gasteiger partial charge is 0.493 e. The van der Waals surface area contributed by atoms with Gasteiger partial charge in [-0.15, -0.1) is 0 Å². The Morgan fingerprint density at radius 2 is 1.87 bits per heavy atom. The average Bonchev–Trinajstić information content (AvgIpc) is 3.06. The molecule has 2 aromatic rings. The lowest BCUT2D eigenvalue weighted by Gasteiger charge is -2.16. The lowest BCUT2D eigenvalue weighted by Crippen LogP contribution is -2.31. The number of esters is 1. The van der Waals surface area contributed by atoms with Crippen molar-refractivity contribution in [2.24, 2.45) is 0 Å². The van der Waals surface area contributed by atoms with E-state index in [0.717, 1.165) is 28.0 Å². The Labute approximate surface area is 182 Å². The molecule has 0 atom stereocenters. The third-order valence-corrected chi connectivity index (χ3v) is 5.17. The van der Waals surface area contributed by atoms with Gasteiger partial charge in [0.1, 0.15) is 11.4 Å². The van der Waals surface area contributed by atoms with E-state index in [9.17, 15) is 14.7 Å². The minimum Gasteiger partial charge on any atom is -0.493 e. The summed E-state index contributed by atoms with van der Waals surface area (Å²) in [6, 6.07) is 11.8. The predicted octanol–water partition coefficient (Wildman–Crippen LogP) is 3.04. The number of anilines is 1. The molecule has 1 aliphatic rings. The Morgan fingerprint density at radius 3 is 2.48 bits per heavy atom. The fourth-order valence-corrected chi connectivity index (χ4v) is 3.76. The van der Waals surface area contributed by atoms with Gasteiger partial charge >= 0.3 is 5.97 Å². The maximum Gasteiger partial charge on any atom is 0.337 e. The van der Waals surface area contributed by atoms with Gasteiger partial charge in [-0.2, -0.15) is 0 Å². The Morgan fingerprint density at radius 1 is 1.16 bits per heavy atom. The van der Waals surface area contributed by atoms with E-state index in [1.54, 1.807) is 0 Å². The summed E-state index contributed by atoms with van der Waals surface area (Å²) in [5.74, 6) is -0.00764. The first-order valence-corrected chi connectivity index (χ1v) is 10.2. The summed E-state index contributed by atoms with van der Waals surface area (Å²) in [5.41, 5.74) is 5.21. The number of amides is 1. The summed E-state index contributed by atoms with van der Waals surface area (Å²) in [5, 5.41) is 12.3. The number of aliphatic hydroxyl groups excluding tert-OH is 1. The second-order valence-electron chi connectivity index (χ2n) is 7.37. The standard InChI is InChI=1S/C24H28N2O5/c1-5-31-22-15(2)11-18(12-16(22)3)17-7-6-8-19(13-17)25-21-20(24(29)30-4)14-26(9-10-27)23(21)28/h6-8,11-13,25,27H,5,9-10,14H2,1-4H3. The van der Waals surface area contributed by atoms with Crippen molar-refractivity contribution in [3.05, 3.63) is 58.8 Å². The molecule has 0 unspecified atom stereocenters. The smallest absolute Gasteiger partial charge is 0.337 e. The highest BCUT2D eigenvalue weighted by atomic mass is 16.5. The summed E-state index contributed by atoms with van der Waals surface area (Å²) in [4.78, 5) is 26.3. The lowest BCUT2D eigenvalue weighted by molar-refractivity contribution is -0.136. The van der Waals surface area contributed by atoms with E-state index in [-0.39, 0.29) is 36.9 Å². The van der Waals surface area contributed by atoms with Crippen molar-refractivity contribution < 1.29 is 24.2 Å². The SMILES string of the molecule is CCOc1c(C)cc(-c2cccc(NC3=C(C(=O)OC)CN(CCO)C3=O)c2)cc1C. The third-order valence-electron chi connectivity index (χ3n) is 5.17. The van der Waals surface area contributed by atoms with Gasteiger partial charge in [0.25, 0.3) is 5.91 Å². The van der Waals surface area contributed by atoms with Crippen LogP contribution in [0.15, 0.2) is 47.7 Å². The Hall–Kier alpha value is -3.32. The van der Waals surface area contributed by atoms with Crippen molar-refractivity contribution in [1.82, 2.24) is 4.90 Å². The molecule has 1 heterocycles. The minimum atomic E-state index is -0.565. The number of benzene rings is 2. The van der Waals surface area contributed by atoms with Crippen molar-refractivity contribution in [2.45, 2.75) is 20.8 Å². The van der Waals surface area contributed by atoms with E-state index in [1.807, 2.05) is 45.0 Å². The second kappa shape index (κ2) is 9.66. The van der Waals surface area contributed by atoms with Gasteiger partial charge in [-0.25, -0.2) is 4.79 Å². The Bertz CT molecular complexity index is 1010. The van der Waals surface area contributed by atoms with Gasteiger partial charge in [0.15, 0.2) is 0 Å². The van der Waals surface area contributed by atoms with Crippen molar-refractivity contribution in [1.29, 1.82) is 0 Å². The molecule has 2 aromatic carbocycles. The number of aryl methyl sites for hydroxylation is 2. The molecule has 1 amide bonds. The van der Waals surface area contributed by atoms with Crippen LogP contribution in [0.4, 0.5) is 5.69 Å². The van der Waals surface area contributed by atoms with E-state index in [2.05, 4.69) is 17.4 Å². The summed E-state index contributed by atoms with van der Waals surface area (Å²) in [6.45, 7) is 6.68. The highest BCUT2D eigenvalue weighted by Gasteiger charge is 2.34. The number of methoxy groups -OCH3 is 1. The molecule has 1 aliphatic heterocycles. The van der Waals surface area contributed by atoms with E-state index >= 15 is 0 Å². The average molecular weight is 424 g/mol. The molecule has 0 fully saturated rings. The number of hydrogen-bond acceptors (Lipinski definition) is 6. The molecule has 0 radical (unpaired) electrons. The van der Waals surface area contributed by atoms with Gasteiger partial charge in [0.2, 0.25) is 0 Å². The molecule has 0 aliphatic carbocycles. The summed E-state index contributed by atoms with van der Waals surface area (Å²) < 4.78 is 10.6. The van der Waals surface area contributed by atoms with Crippen LogP contribution in [-0.2, 0) is 14.3 Å². The molecule has 164 valence electrons. The molecule has 7 nitrogen and oxygen atoms in total. The third kappa shape index (κ3) is 4.72. The van der Waals surface area contributed by atoms with Crippen LogP contribution < -0.4 is 10.1 Å². The molecule has 0 saturated carbocycles. The molecule has 2 N–H and O–H groups in total. The number of nitrogens with zero attached hydrogens (tertiary/aromatic N) is 1. The van der Waals surface area contributed by atoms with Gasteiger partial charge in [-0.1, -0.05) is 12.1 Å². The number of nitrogens with one attached hydrogen (secondary N) is 1. The zero-order valence-corrected chi connectivity index (χ0v) is 18.3. The van der Waals surface area contributed by atoms with Gasteiger partial charge in [-0.3, -0.25) is 4.79 Å². The lowest BCUT2D eigenvalue weighted by atomic mass is 9.99. The summed E-state index contributed by atoms with van der Waals surface area (Å²) in [6.07, 6.45) is 0. The molecular weight excluding hydrogens is 396 g/mol. The fourth-order valence-electron chi connectivity index (χ4n) is 3.76. The van der Waals surface area contributed by atoms with Crippen LogP contribution in [0, 0.1) is 13.8 Å². The fraction of sp³-hybridized carbons (Fsp3) is 0.333. The quantitative estimate of drug-likeness (QED) is 0.634. The van der Waals surface area contributed by atoms with Crippen molar-refractivity contribution >= 4 is 17.6 Å². The van der Waals surface area contributed by atoms with Crippen molar-refractivity contribution in [3.8, 4) is 16.9 Å². The monoisotopic (exact) mass is 424 g/mol. The summed E-state index contributed by atoms with van der Waals surface area (Å²) in [7, 11) is 1.28. The predicted molar refractivity (Wildman–Crippen MR) is 119 cm³/mol. The molecule has 0 spiro atoms. The van der Waals surface area contributed by atoms with Crippen molar-refractivity contribution in [2.75, 3.05) is 38.7 Å². The molecule has 31 heavy (non-hydrogen) atoms. The van der Waals surface area contributed by atoms with Crippen LogP contribution in [0.5, 0.6) is 5.75 Å². The zero-order chi connectivity index (χ0) is 22.5. The van der Waals surface area contributed by atoms with Crippen LogP contribution in [0.25, 0.3) is 11.1 Å². The van der Waals surface area contributed by atoms with Crippen LogP contribution in [-0.4, -0.2) is 55.3 Å². The van der Waals surface area contributed by atoms with Crippen LogP contribution >= 0.6 is 0 Å². The van der Waals surface area contributed by atoms with E-state index in [1.165, 1.54) is 12.0 Å². The number of hydrogen-bond donors (Lipinski definition) is 2. The van der Waals surface area contributed by atoms with Gasteiger partial charge in [-0.05, 0) is 67.3 Å². The van der Waals surface area contributed by atoms with E-state index < -0.39 is 5.97 Å². The first kappa shape index (κ1) is 22.4. The van der Waals surface area contributed by atoms with Crippen molar-refractivity contribution in [3.63, 3.8) is 0 Å². The first-order valence-electron chi connectivity index (χ1n) is 10.2. The second-order valence-corrected chi connectivity index (χ2v) is 7.37. The van der Waals surface area contributed by atoms with E-state index in [4.69, 9.17) is 9.47 Å². The Balaban J connectivity index is 1.93. The zero-order valence-electron chi connectivity index (χ0n) is 18.3. The highest BCUT2D eigenvalue weighted by Crippen LogP contribution is 2.32. The highest BCUT2D eigenvalue weighted by molar-refractivity contribution is 6.08. The molecule has 3 rings (SSSR count). The molecule has 0 aromatic heterocycles. The summed E-state index contributed by atoms with van der Waals surface area (Å²) >= 11 is 0. The van der Waals surface area contributed by atoms with Crippen LogP contribution in [0.3, 0.4) is 0 Å². The number of aliphatic hydroxyl groups is 1. The number of carbonyl (C=O) groups is 2. The molecular formula is C24H28N2O5. The maximum atomic E-state index is 12.7. The Kier molecular flexibility index (Phi) is 6.97. The number of rotatable bonds is 8. The number of carbonyl (C=O) groups excluding carboxylic acids is 2. The first-order chi connectivity index (χ1) is 14.9. The number of ether oxygens (including phenoxy) is 2. The van der Waals surface area contributed by atoms with E-state index in [0.29, 0.717) is 12.3 Å². The molecule has 0 bridgehead atoms. The topological polar surface area (TPSA) is 88.1 Å². The maximum absolute atomic E-state index is 12.7. The van der Waals surface area contributed by atoms with Gasteiger partial charge in [0.05, 0.1) is 32.4 Å². The normalized spacial score (nSPS) is 13.6.